The molecule has 13 heavy (non-hydrogen) atoms. The summed E-state index contributed by atoms with van der Waals surface area (Å²) in [5, 5.41) is 7.10. The predicted octanol–water partition coefficient (Wildman–Crippen LogP) is 1.75. The molecule has 2 N–H and O–H groups in total. The summed E-state index contributed by atoms with van der Waals surface area (Å²) in [5.74, 6) is 0.826. The number of nitrogens with zero attached hydrogens (tertiary/aromatic N) is 2. The van der Waals surface area contributed by atoms with Crippen LogP contribution in [0.15, 0.2) is 18.3 Å². The molecule has 0 bridgehead atoms. The first-order valence-corrected chi connectivity index (χ1v) is 4.13. The highest BCUT2D eigenvalue weighted by molar-refractivity contribution is 5.92. The van der Waals surface area contributed by atoms with Gasteiger partial charge in [0.05, 0.1) is 16.6 Å². The summed E-state index contributed by atoms with van der Waals surface area (Å²) in [7, 11) is 0. The van der Waals surface area contributed by atoms with Crippen molar-refractivity contribution in [2.24, 2.45) is 0 Å². The molecule has 1 aromatic carbocycles. The molecule has 0 aliphatic heterocycles. The Morgan fingerprint density at radius 1 is 1.15 bits per heavy atom. The lowest BCUT2D eigenvalue weighted by molar-refractivity contribution is 1.12. The smallest absolute Gasteiger partial charge is 0.126 e. The average Bonchev–Trinajstić information content (AvgIpc) is 2.63. The van der Waals surface area contributed by atoms with E-state index in [9.17, 15) is 0 Å². The van der Waals surface area contributed by atoms with Crippen LogP contribution in [-0.2, 0) is 0 Å². The monoisotopic (exact) mass is 172 g/mol. The summed E-state index contributed by atoms with van der Waals surface area (Å²) < 4.78 is 0. The van der Waals surface area contributed by atoms with Crippen LogP contribution in [0.5, 0.6) is 0 Å². The Morgan fingerprint density at radius 2 is 1.92 bits per heavy atom. The third-order valence-corrected chi connectivity index (χ3v) is 2.15. The molecule has 0 saturated heterocycles. The van der Waals surface area contributed by atoms with Crippen molar-refractivity contribution in [3.8, 4) is 0 Å². The SMILES string of the molecule is Cc1nc2cc3c[nH][nH]c3cc2n1. The minimum absolute atomic E-state index is 0.826. The molecule has 4 heteroatoms. The Morgan fingerprint density at radius 3 is 2.77 bits per heavy atom. The molecule has 0 amide bonds. The zero-order chi connectivity index (χ0) is 8.84. The number of aromatic nitrogens is 4. The highest BCUT2D eigenvalue weighted by Crippen LogP contribution is 2.18. The molecule has 64 valence electrons. The van der Waals surface area contributed by atoms with Crippen molar-refractivity contribution in [1.82, 2.24) is 20.2 Å². The molecule has 0 radical (unpaired) electrons. The number of hydrogen-bond donors (Lipinski definition) is 2. The molecule has 0 fully saturated rings. The van der Waals surface area contributed by atoms with Gasteiger partial charge in [0.2, 0.25) is 0 Å². The van der Waals surface area contributed by atoms with Gasteiger partial charge < -0.3 is 10.2 Å². The normalized spacial score (nSPS) is 11.5. The van der Waals surface area contributed by atoms with Crippen LogP contribution in [0.25, 0.3) is 21.9 Å². The van der Waals surface area contributed by atoms with Crippen LogP contribution in [0, 0.1) is 6.92 Å². The van der Waals surface area contributed by atoms with Crippen LogP contribution in [0.2, 0.25) is 0 Å². The molecule has 0 aliphatic rings. The summed E-state index contributed by atoms with van der Waals surface area (Å²) >= 11 is 0. The van der Waals surface area contributed by atoms with Crippen LogP contribution in [0.3, 0.4) is 0 Å². The lowest BCUT2D eigenvalue weighted by atomic mass is 10.2. The number of benzene rings is 1. The van der Waals surface area contributed by atoms with Gasteiger partial charge in [0.25, 0.3) is 0 Å². The van der Waals surface area contributed by atoms with Crippen molar-refractivity contribution >= 4 is 21.9 Å². The topological polar surface area (TPSA) is 57.4 Å². The number of nitrogens with one attached hydrogen (secondary N) is 2. The van der Waals surface area contributed by atoms with Crippen molar-refractivity contribution in [2.45, 2.75) is 6.92 Å². The quantitative estimate of drug-likeness (QED) is 0.542. The zero-order valence-electron chi connectivity index (χ0n) is 7.13. The van der Waals surface area contributed by atoms with Gasteiger partial charge in [-0.3, -0.25) is 0 Å². The van der Waals surface area contributed by atoms with E-state index < -0.39 is 0 Å². The van der Waals surface area contributed by atoms with Gasteiger partial charge >= 0.3 is 0 Å². The molecule has 3 rings (SSSR count). The van der Waals surface area contributed by atoms with Crippen LogP contribution in [-0.4, -0.2) is 20.2 Å². The number of imidazole rings is 1. The van der Waals surface area contributed by atoms with E-state index >= 15 is 0 Å². The third-order valence-electron chi connectivity index (χ3n) is 2.15. The number of rotatable bonds is 0. The first-order chi connectivity index (χ1) is 6.33. The van der Waals surface area contributed by atoms with Crippen molar-refractivity contribution in [3.05, 3.63) is 24.2 Å². The Kier molecular flexibility index (Phi) is 1.07. The second-order valence-electron chi connectivity index (χ2n) is 3.11. The predicted molar refractivity (Wildman–Crippen MR) is 50.5 cm³/mol. The molecule has 0 atom stereocenters. The highest BCUT2D eigenvalue weighted by atomic mass is 15.1. The van der Waals surface area contributed by atoms with E-state index in [1.807, 2.05) is 25.3 Å². The first-order valence-electron chi connectivity index (χ1n) is 4.13. The fraction of sp³-hybridized carbons (Fsp3) is 0.111. The van der Waals surface area contributed by atoms with Gasteiger partial charge in [-0.15, -0.1) is 0 Å². The maximum atomic E-state index is 4.30. The molecule has 4 nitrogen and oxygen atoms in total. The number of H-pyrrole nitrogens is 2. The second-order valence-corrected chi connectivity index (χ2v) is 3.11. The van der Waals surface area contributed by atoms with Gasteiger partial charge in [-0.2, -0.15) is 0 Å². The van der Waals surface area contributed by atoms with Crippen molar-refractivity contribution in [3.63, 3.8) is 0 Å². The van der Waals surface area contributed by atoms with E-state index in [0.717, 1.165) is 27.8 Å². The summed E-state index contributed by atoms with van der Waals surface area (Å²) in [6, 6.07) is 4.03. The standard InChI is InChI=1S/C9H8N4/c1-5-11-8-2-6-4-10-13-7(6)3-9(8)12-5/h2-4,10,13H,1H3. The van der Waals surface area contributed by atoms with E-state index in [1.165, 1.54) is 0 Å². The van der Waals surface area contributed by atoms with E-state index in [4.69, 9.17) is 0 Å². The number of aromatic amines is 2. The Balaban J connectivity index is 2.54. The summed E-state index contributed by atoms with van der Waals surface area (Å²) in [6.07, 6.45) is 1.92. The molecule has 2 heterocycles. The molecule has 0 unspecified atom stereocenters. The van der Waals surface area contributed by atoms with Gasteiger partial charge in [-0.25, -0.2) is 9.97 Å². The van der Waals surface area contributed by atoms with Crippen LogP contribution in [0.4, 0.5) is 0 Å². The van der Waals surface area contributed by atoms with Gasteiger partial charge in [0.15, 0.2) is 0 Å². The molecule has 0 aliphatic carbocycles. The first kappa shape index (κ1) is 6.65. The minimum atomic E-state index is 0.826. The Labute approximate surface area is 74.0 Å². The number of fused-ring (bicyclic) bond motifs is 2. The molecule has 0 spiro atoms. The maximum Gasteiger partial charge on any atom is 0.126 e. The average molecular weight is 172 g/mol. The van der Waals surface area contributed by atoms with Gasteiger partial charge in [0, 0.05) is 11.6 Å². The van der Waals surface area contributed by atoms with Gasteiger partial charge in [-0.05, 0) is 19.1 Å². The van der Waals surface area contributed by atoms with Crippen LogP contribution in [0.1, 0.15) is 5.82 Å². The fourth-order valence-electron chi connectivity index (χ4n) is 1.56. The largest absolute Gasteiger partial charge is 0.307 e. The molecular formula is C9H8N4. The number of aryl methyl sites for hydroxylation is 1. The minimum Gasteiger partial charge on any atom is -0.307 e. The van der Waals surface area contributed by atoms with Crippen LogP contribution < -0.4 is 0 Å². The lowest BCUT2D eigenvalue weighted by Gasteiger charge is -1.87. The lowest BCUT2D eigenvalue weighted by Crippen LogP contribution is -1.70. The Bertz CT molecular complexity index is 527. The van der Waals surface area contributed by atoms with Gasteiger partial charge in [-0.1, -0.05) is 0 Å². The van der Waals surface area contributed by atoms with Crippen molar-refractivity contribution in [1.29, 1.82) is 0 Å². The molecule has 0 saturated carbocycles. The molecule has 2 aromatic heterocycles. The van der Waals surface area contributed by atoms with E-state index in [-0.39, 0.29) is 0 Å². The summed E-state index contributed by atoms with van der Waals surface area (Å²) in [4.78, 5) is 8.60. The molecular weight excluding hydrogens is 164 g/mol. The second kappa shape index (κ2) is 2.10. The van der Waals surface area contributed by atoms with Gasteiger partial charge in [0.1, 0.15) is 5.82 Å². The van der Waals surface area contributed by atoms with E-state index in [2.05, 4.69) is 20.2 Å². The van der Waals surface area contributed by atoms with Crippen LogP contribution >= 0.6 is 0 Å². The van der Waals surface area contributed by atoms with Crippen molar-refractivity contribution < 1.29 is 0 Å². The maximum absolute atomic E-state index is 4.30. The number of hydrogen-bond acceptors (Lipinski definition) is 2. The Hall–Kier alpha value is -1.84. The summed E-state index contributed by atoms with van der Waals surface area (Å²) in [6.45, 7) is 1.90. The zero-order valence-corrected chi connectivity index (χ0v) is 7.13. The van der Waals surface area contributed by atoms with E-state index in [0.29, 0.717) is 0 Å². The fourth-order valence-corrected chi connectivity index (χ4v) is 1.56. The molecule has 3 aromatic rings. The summed E-state index contributed by atoms with van der Waals surface area (Å²) in [5.41, 5.74) is 2.96. The third kappa shape index (κ3) is 0.853. The highest BCUT2D eigenvalue weighted by Gasteiger charge is 2.03. The van der Waals surface area contributed by atoms with Crippen molar-refractivity contribution in [2.75, 3.05) is 0 Å². The van der Waals surface area contributed by atoms with E-state index in [1.54, 1.807) is 0 Å².